The van der Waals surface area contributed by atoms with E-state index in [1.54, 1.807) is 12.1 Å². The van der Waals surface area contributed by atoms with E-state index >= 15 is 0 Å². The summed E-state index contributed by atoms with van der Waals surface area (Å²) in [5.74, 6) is -3.43. The molecular weight excluding hydrogens is 308 g/mol. The van der Waals surface area contributed by atoms with Gasteiger partial charge in [-0.2, -0.15) is 8.78 Å². The molecule has 0 unspecified atom stereocenters. The lowest BCUT2D eigenvalue weighted by molar-refractivity contribution is 0.235. The summed E-state index contributed by atoms with van der Waals surface area (Å²) < 4.78 is 48.5. The van der Waals surface area contributed by atoms with Crippen molar-refractivity contribution in [2.45, 2.75) is 10.7 Å². The first-order chi connectivity index (χ1) is 10.5. The molecule has 0 bridgehead atoms. The van der Waals surface area contributed by atoms with Crippen LogP contribution in [0.2, 0.25) is 0 Å². The predicted octanol–water partition coefficient (Wildman–Crippen LogP) is 3.81. The van der Waals surface area contributed by atoms with Crippen LogP contribution in [-0.4, -0.2) is 20.7 Å². The van der Waals surface area contributed by atoms with Crippen LogP contribution in [0.15, 0.2) is 65.6 Å². The summed E-state index contributed by atoms with van der Waals surface area (Å²) in [6, 6.07) is 15.2. The normalized spacial score (nSPS) is 12.0. The Hall–Kier alpha value is -2.21. The van der Waals surface area contributed by atoms with Crippen molar-refractivity contribution in [1.29, 1.82) is 0 Å². The number of sulfone groups is 1. The van der Waals surface area contributed by atoms with Gasteiger partial charge in [-0.3, -0.25) is 0 Å². The molecule has 0 fully saturated rings. The van der Waals surface area contributed by atoms with Crippen LogP contribution in [0.3, 0.4) is 0 Å². The fourth-order valence-electron chi connectivity index (χ4n) is 1.88. The molecule has 0 aliphatic heterocycles. The lowest BCUT2D eigenvalue weighted by atomic mass is 10.2. The first-order valence-electron chi connectivity index (χ1n) is 6.58. The highest BCUT2D eigenvalue weighted by atomic mass is 32.2. The Balaban J connectivity index is 2.10. The van der Waals surface area contributed by atoms with Crippen LogP contribution in [-0.2, 0) is 9.84 Å². The van der Waals surface area contributed by atoms with E-state index in [0.717, 1.165) is 5.56 Å². The van der Waals surface area contributed by atoms with E-state index in [1.165, 1.54) is 18.2 Å². The maximum absolute atomic E-state index is 12.7. The fourth-order valence-corrected chi connectivity index (χ4v) is 2.79. The Morgan fingerprint density at radius 3 is 2.32 bits per heavy atom. The van der Waals surface area contributed by atoms with E-state index in [-0.39, 0.29) is 5.69 Å². The van der Waals surface area contributed by atoms with Crippen molar-refractivity contribution in [3.05, 3.63) is 66.2 Å². The topological polar surface area (TPSA) is 46.2 Å². The monoisotopic (exact) mass is 323 g/mol. The minimum absolute atomic E-state index is 0.167. The molecule has 3 nitrogen and oxygen atoms in total. The van der Waals surface area contributed by atoms with E-state index in [0.29, 0.717) is 6.54 Å². The average molecular weight is 323 g/mol. The number of alkyl halides is 2. The lowest BCUT2D eigenvalue weighted by Crippen LogP contribution is -2.14. The van der Waals surface area contributed by atoms with Gasteiger partial charge in [-0.25, -0.2) is 8.42 Å². The molecule has 0 aliphatic rings. The summed E-state index contributed by atoms with van der Waals surface area (Å²) >= 11 is 0. The van der Waals surface area contributed by atoms with Gasteiger partial charge in [0, 0.05) is 6.54 Å². The molecule has 0 saturated heterocycles. The zero-order valence-corrected chi connectivity index (χ0v) is 12.4. The van der Waals surface area contributed by atoms with Gasteiger partial charge in [0.05, 0.1) is 10.6 Å². The maximum Gasteiger partial charge on any atom is 0.341 e. The smallest absolute Gasteiger partial charge is 0.341 e. The van der Waals surface area contributed by atoms with E-state index in [2.05, 4.69) is 5.32 Å². The molecule has 22 heavy (non-hydrogen) atoms. The second-order valence-corrected chi connectivity index (χ2v) is 6.38. The number of nitrogens with one attached hydrogen (secondary N) is 1. The standard InChI is InChI=1S/C16H15F2NO2S/c17-16(18)22(20,21)15-11-5-4-10-14(15)19-12-6-9-13-7-2-1-3-8-13/h1-11,16,19H,12H2/b9-6+. The minimum atomic E-state index is -4.62. The summed E-state index contributed by atoms with van der Waals surface area (Å²) in [6.07, 6.45) is 3.65. The predicted molar refractivity (Wildman–Crippen MR) is 83.6 cm³/mol. The van der Waals surface area contributed by atoms with Gasteiger partial charge in [-0.1, -0.05) is 54.6 Å². The molecule has 0 heterocycles. The Morgan fingerprint density at radius 2 is 1.64 bits per heavy atom. The fraction of sp³-hybridized carbons (Fsp3) is 0.125. The largest absolute Gasteiger partial charge is 0.381 e. The molecule has 0 aromatic heterocycles. The third-order valence-electron chi connectivity index (χ3n) is 2.95. The summed E-state index contributed by atoms with van der Waals surface area (Å²) in [7, 11) is -4.62. The molecule has 0 amide bonds. The van der Waals surface area contributed by atoms with E-state index in [1.807, 2.05) is 36.4 Å². The molecule has 0 aliphatic carbocycles. The number of para-hydroxylation sites is 1. The lowest BCUT2D eigenvalue weighted by Gasteiger charge is -2.10. The van der Waals surface area contributed by atoms with E-state index < -0.39 is 20.5 Å². The van der Waals surface area contributed by atoms with Crippen LogP contribution >= 0.6 is 0 Å². The van der Waals surface area contributed by atoms with Crippen LogP contribution < -0.4 is 5.32 Å². The quantitative estimate of drug-likeness (QED) is 0.879. The summed E-state index contributed by atoms with van der Waals surface area (Å²) in [6.45, 7) is 0.324. The second kappa shape index (κ2) is 7.17. The Kier molecular flexibility index (Phi) is 5.27. The first kappa shape index (κ1) is 16.2. The van der Waals surface area contributed by atoms with Crippen molar-refractivity contribution in [1.82, 2.24) is 0 Å². The number of anilines is 1. The Morgan fingerprint density at radius 1 is 1.00 bits per heavy atom. The highest BCUT2D eigenvalue weighted by Gasteiger charge is 2.28. The molecule has 1 N–H and O–H groups in total. The average Bonchev–Trinajstić information content (AvgIpc) is 2.53. The third-order valence-corrected chi connectivity index (χ3v) is 4.39. The zero-order valence-electron chi connectivity index (χ0n) is 11.6. The van der Waals surface area contributed by atoms with Crippen LogP contribution in [0.25, 0.3) is 6.08 Å². The van der Waals surface area contributed by atoms with Crippen molar-refractivity contribution in [2.24, 2.45) is 0 Å². The second-order valence-electron chi connectivity index (χ2n) is 4.50. The zero-order chi connectivity index (χ0) is 16.0. The van der Waals surface area contributed by atoms with Crippen LogP contribution in [0.4, 0.5) is 14.5 Å². The highest BCUT2D eigenvalue weighted by Crippen LogP contribution is 2.25. The number of hydrogen-bond donors (Lipinski definition) is 1. The number of halogens is 2. The van der Waals surface area contributed by atoms with Gasteiger partial charge in [-0.15, -0.1) is 0 Å². The SMILES string of the molecule is O=S(=O)(c1ccccc1NC/C=C/c1ccccc1)C(F)F. The number of benzene rings is 2. The summed E-state index contributed by atoms with van der Waals surface area (Å²) in [5, 5.41) is 2.85. The molecular formula is C16H15F2NO2S. The summed E-state index contributed by atoms with van der Waals surface area (Å²) in [5.41, 5.74) is 1.17. The molecule has 0 spiro atoms. The molecule has 2 rings (SSSR count). The first-order valence-corrected chi connectivity index (χ1v) is 8.13. The third kappa shape index (κ3) is 3.92. The van der Waals surface area contributed by atoms with Gasteiger partial charge < -0.3 is 5.32 Å². The van der Waals surface area contributed by atoms with Gasteiger partial charge in [-0.05, 0) is 17.7 Å². The van der Waals surface area contributed by atoms with Gasteiger partial charge in [0.15, 0.2) is 0 Å². The molecule has 0 saturated carbocycles. The van der Waals surface area contributed by atoms with Gasteiger partial charge in [0.2, 0.25) is 9.84 Å². The molecule has 116 valence electrons. The Labute approximate surface area is 128 Å². The van der Waals surface area contributed by atoms with Crippen molar-refractivity contribution < 1.29 is 17.2 Å². The highest BCUT2D eigenvalue weighted by molar-refractivity contribution is 7.91. The minimum Gasteiger partial charge on any atom is -0.381 e. The molecule has 2 aromatic carbocycles. The van der Waals surface area contributed by atoms with Crippen LogP contribution in [0, 0.1) is 0 Å². The molecule has 0 atom stereocenters. The molecule has 0 radical (unpaired) electrons. The van der Waals surface area contributed by atoms with Gasteiger partial charge >= 0.3 is 5.76 Å². The van der Waals surface area contributed by atoms with Gasteiger partial charge in [0.1, 0.15) is 0 Å². The Bertz CT molecular complexity index is 744. The van der Waals surface area contributed by atoms with E-state index in [9.17, 15) is 17.2 Å². The van der Waals surface area contributed by atoms with Crippen molar-refractivity contribution in [3.63, 3.8) is 0 Å². The number of rotatable bonds is 6. The summed E-state index contributed by atoms with van der Waals surface area (Å²) in [4.78, 5) is -0.391. The molecule has 6 heteroatoms. The van der Waals surface area contributed by atoms with Crippen molar-refractivity contribution in [3.8, 4) is 0 Å². The van der Waals surface area contributed by atoms with Crippen LogP contribution in [0.5, 0.6) is 0 Å². The van der Waals surface area contributed by atoms with Crippen LogP contribution in [0.1, 0.15) is 5.56 Å². The van der Waals surface area contributed by atoms with Crippen molar-refractivity contribution in [2.75, 3.05) is 11.9 Å². The van der Waals surface area contributed by atoms with Crippen molar-refractivity contribution >= 4 is 21.6 Å². The van der Waals surface area contributed by atoms with E-state index in [4.69, 9.17) is 0 Å². The van der Waals surface area contributed by atoms with Gasteiger partial charge in [0.25, 0.3) is 0 Å². The maximum atomic E-state index is 12.7. The molecule has 2 aromatic rings. The number of hydrogen-bond acceptors (Lipinski definition) is 3.